The monoisotopic (exact) mass is 194 g/mol. The molecule has 0 fully saturated rings. The molecule has 14 heavy (non-hydrogen) atoms. The van der Waals surface area contributed by atoms with Crippen molar-refractivity contribution < 1.29 is 14.7 Å². The summed E-state index contributed by atoms with van der Waals surface area (Å²) >= 11 is 0. The molecule has 0 aliphatic rings. The summed E-state index contributed by atoms with van der Waals surface area (Å²) in [6.45, 7) is 6.25. The van der Waals surface area contributed by atoms with Gasteiger partial charge in [-0.2, -0.15) is 0 Å². The quantitative estimate of drug-likeness (QED) is 0.698. The van der Waals surface area contributed by atoms with E-state index in [1.807, 2.05) is 12.1 Å². The van der Waals surface area contributed by atoms with E-state index >= 15 is 0 Å². The van der Waals surface area contributed by atoms with Gasteiger partial charge < -0.3 is 14.7 Å². The number of rotatable bonds is 2. The molecule has 0 bridgehead atoms. The molecule has 2 N–H and O–H groups in total. The van der Waals surface area contributed by atoms with Crippen LogP contribution in [0.1, 0.15) is 26.3 Å². The van der Waals surface area contributed by atoms with Gasteiger partial charge in [0.1, 0.15) is 5.75 Å². The first-order chi connectivity index (χ1) is 6.39. The lowest BCUT2D eigenvalue weighted by Crippen LogP contribution is -2.21. The van der Waals surface area contributed by atoms with Crippen molar-refractivity contribution in [2.75, 3.05) is 0 Å². The normalized spacial score (nSPS) is 11.2. The van der Waals surface area contributed by atoms with Crippen molar-refractivity contribution in [3.63, 3.8) is 0 Å². The number of benzene rings is 1. The predicted octanol–water partition coefficient (Wildman–Crippen LogP) is 1.33. The second-order valence-corrected chi connectivity index (χ2v) is 4.22. The second kappa shape index (κ2) is 4.03. The lowest BCUT2D eigenvalue weighted by atomic mass is 9.87. The van der Waals surface area contributed by atoms with Crippen LogP contribution in [0.2, 0.25) is 0 Å². The zero-order chi connectivity index (χ0) is 10.8. The molecule has 0 spiro atoms. The van der Waals surface area contributed by atoms with Gasteiger partial charge in [0.05, 0.1) is 0 Å². The maximum absolute atomic E-state index is 8.63. The van der Waals surface area contributed by atoms with Crippen molar-refractivity contribution in [3.05, 3.63) is 29.8 Å². The van der Waals surface area contributed by atoms with Gasteiger partial charge in [0.15, 0.2) is 0 Å². The van der Waals surface area contributed by atoms with Crippen LogP contribution in [0.5, 0.6) is 5.75 Å². The molecule has 0 radical (unpaired) electrons. The van der Waals surface area contributed by atoms with Gasteiger partial charge in [0.2, 0.25) is 0 Å². The summed E-state index contributed by atoms with van der Waals surface area (Å²) in [5, 5.41) is 17.3. The van der Waals surface area contributed by atoms with E-state index in [-0.39, 0.29) is 5.41 Å². The van der Waals surface area contributed by atoms with E-state index in [0.29, 0.717) is 5.75 Å². The Morgan fingerprint density at radius 1 is 1.21 bits per heavy atom. The molecule has 0 saturated heterocycles. The van der Waals surface area contributed by atoms with Crippen LogP contribution in [0, 0.1) is 0 Å². The topological polar surface area (TPSA) is 49.7 Å². The average molecular weight is 194 g/mol. The lowest BCUT2D eigenvalue weighted by molar-refractivity contribution is 0.288. The molecule has 0 aliphatic heterocycles. The minimum absolute atomic E-state index is 0.0276. The van der Waals surface area contributed by atoms with Gasteiger partial charge in [-0.15, -0.1) is 0 Å². The van der Waals surface area contributed by atoms with E-state index in [1.54, 1.807) is 12.1 Å². The molecular formula is C10H15BO3. The van der Waals surface area contributed by atoms with Crippen LogP contribution in [-0.2, 0) is 5.41 Å². The summed E-state index contributed by atoms with van der Waals surface area (Å²) in [7, 11) is -1.76. The van der Waals surface area contributed by atoms with Crippen LogP contribution >= 0.6 is 0 Å². The Bertz CT molecular complexity index is 304. The van der Waals surface area contributed by atoms with E-state index < -0.39 is 7.32 Å². The van der Waals surface area contributed by atoms with E-state index in [2.05, 4.69) is 20.8 Å². The Balaban J connectivity index is 2.90. The van der Waals surface area contributed by atoms with Crippen LogP contribution in [0.25, 0.3) is 0 Å². The molecule has 0 aliphatic carbocycles. The van der Waals surface area contributed by atoms with E-state index in [1.165, 1.54) is 0 Å². The molecular weight excluding hydrogens is 179 g/mol. The zero-order valence-electron chi connectivity index (χ0n) is 8.69. The highest BCUT2D eigenvalue weighted by Gasteiger charge is 2.16. The first-order valence-electron chi connectivity index (χ1n) is 4.53. The summed E-state index contributed by atoms with van der Waals surface area (Å²) in [5.41, 5.74) is 1.12. The summed E-state index contributed by atoms with van der Waals surface area (Å²) in [6.07, 6.45) is 0. The third-order valence-electron chi connectivity index (χ3n) is 1.94. The predicted molar refractivity (Wildman–Crippen MR) is 56.0 cm³/mol. The van der Waals surface area contributed by atoms with Crippen LogP contribution in [0.3, 0.4) is 0 Å². The largest absolute Gasteiger partial charge is 0.707 e. The lowest BCUT2D eigenvalue weighted by Gasteiger charge is -2.19. The minimum Gasteiger partial charge on any atom is -0.512 e. The SMILES string of the molecule is CC(C)(C)c1cccc(OB(O)O)c1. The zero-order valence-corrected chi connectivity index (χ0v) is 8.69. The van der Waals surface area contributed by atoms with Gasteiger partial charge in [-0.05, 0) is 23.1 Å². The van der Waals surface area contributed by atoms with Gasteiger partial charge in [-0.25, -0.2) is 0 Å². The van der Waals surface area contributed by atoms with E-state index in [4.69, 9.17) is 14.7 Å². The van der Waals surface area contributed by atoms with Gasteiger partial charge >= 0.3 is 7.32 Å². The van der Waals surface area contributed by atoms with Gasteiger partial charge in [0.25, 0.3) is 0 Å². The molecule has 0 heterocycles. The van der Waals surface area contributed by atoms with Gasteiger partial charge in [-0.1, -0.05) is 32.9 Å². The highest BCUT2D eigenvalue weighted by Crippen LogP contribution is 2.25. The molecule has 1 aromatic rings. The van der Waals surface area contributed by atoms with Crippen LogP contribution in [-0.4, -0.2) is 17.4 Å². The number of hydrogen-bond donors (Lipinski definition) is 2. The molecule has 3 nitrogen and oxygen atoms in total. The van der Waals surface area contributed by atoms with Crippen molar-refractivity contribution in [2.24, 2.45) is 0 Å². The summed E-state index contributed by atoms with van der Waals surface area (Å²) in [5.74, 6) is 0.465. The van der Waals surface area contributed by atoms with Crippen LogP contribution < -0.4 is 4.65 Å². The Morgan fingerprint density at radius 3 is 2.36 bits per heavy atom. The standard InChI is InChI=1S/C10H15BO3/c1-10(2,3)8-5-4-6-9(7-8)14-11(12)13/h4-7,12-13H,1-3H3. The fourth-order valence-corrected chi connectivity index (χ4v) is 1.16. The highest BCUT2D eigenvalue weighted by molar-refractivity contribution is 6.33. The van der Waals surface area contributed by atoms with Gasteiger partial charge in [-0.3, -0.25) is 0 Å². The fourth-order valence-electron chi connectivity index (χ4n) is 1.16. The van der Waals surface area contributed by atoms with Crippen molar-refractivity contribution in [1.29, 1.82) is 0 Å². The third kappa shape index (κ3) is 3.05. The van der Waals surface area contributed by atoms with Crippen molar-refractivity contribution >= 4 is 7.32 Å². The third-order valence-corrected chi connectivity index (χ3v) is 1.94. The smallest absolute Gasteiger partial charge is 0.512 e. The fraction of sp³-hybridized carbons (Fsp3) is 0.400. The second-order valence-electron chi connectivity index (χ2n) is 4.22. The van der Waals surface area contributed by atoms with Crippen molar-refractivity contribution in [3.8, 4) is 5.75 Å². The Labute approximate surface area is 84.5 Å². The van der Waals surface area contributed by atoms with E-state index in [0.717, 1.165) is 5.56 Å². The summed E-state index contributed by atoms with van der Waals surface area (Å²) in [6, 6.07) is 7.31. The number of hydrogen-bond acceptors (Lipinski definition) is 3. The highest BCUT2D eigenvalue weighted by atomic mass is 16.6. The maximum atomic E-state index is 8.63. The Kier molecular flexibility index (Phi) is 3.19. The molecule has 0 unspecified atom stereocenters. The molecule has 1 rings (SSSR count). The van der Waals surface area contributed by atoms with E-state index in [9.17, 15) is 0 Å². The maximum Gasteiger partial charge on any atom is 0.707 e. The van der Waals surface area contributed by atoms with Crippen molar-refractivity contribution in [2.45, 2.75) is 26.2 Å². The first-order valence-corrected chi connectivity index (χ1v) is 4.53. The molecule has 0 atom stereocenters. The van der Waals surface area contributed by atoms with Crippen molar-refractivity contribution in [1.82, 2.24) is 0 Å². The minimum atomic E-state index is -1.76. The molecule has 0 aromatic heterocycles. The van der Waals surface area contributed by atoms with Crippen LogP contribution in [0.15, 0.2) is 24.3 Å². The van der Waals surface area contributed by atoms with Crippen LogP contribution in [0.4, 0.5) is 0 Å². The first kappa shape index (κ1) is 11.1. The molecule has 0 amide bonds. The molecule has 0 saturated carbocycles. The molecule has 4 heteroatoms. The van der Waals surface area contributed by atoms with Gasteiger partial charge in [0, 0.05) is 0 Å². The summed E-state index contributed by atoms with van der Waals surface area (Å²) < 4.78 is 4.76. The Hall–Kier alpha value is -0.995. The molecule has 76 valence electrons. The Morgan fingerprint density at radius 2 is 1.86 bits per heavy atom. The molecule has 1 aromatic carbocycles. The average Bonchev–Trinajstić information content (AvgIpc) is 2.01. The summed E-state index contributed by atoms with van der Waals surface area (Å²) in [4.78, 5) is 0.